The number of hydrogen-bond donors (Lipinski definition) is 3. The molecule has 2 atom stereocenters. The van der Waals surface area contributed by atoms with Crippen LogP contribution in [0.25, 0.3) is 17.1 Å². The minimum absolute atomic E-state index is 0.0481. The number of aliphatic hydroxyl groups is 1. The normalized spacial score (nSPS) is 12.9. The van der Waals surface area contributed by atoms with Gasteiger partial charge in [0, 0.05) is 30.6 Å². The smallest absolute Gasteiger partial charge is 0.201 e. The topological polar surface area (TPSA) is 154 Å². The van der Waals surface area contributed by atoms with E-state index < -0.39 is 23.0 Å². The molecule has 3 aromatic heterocycles. The van der Waals surface area contributed by atoms with Crippen LogP contribution < -0.4 is 14.2 Å². The first-order valence-corrected chi connectivity index (χ1v) is 12.4. The molecule has 2 N–H and O–H groups in total. The Labute approximate surface area is 215 Å². The third-order valence-corrected chi connectivity index (χ3v) is 6.19. The Morgan fingerprint density at radius 2 is 1.76 bits per heavy atom. The lowest BCUT2D eigenvalue weighted by Gasteiger charge is -2.22. The maximum absolute atomic E-state index is 11.7. The number of para-hydroxylation sites is 1. The maximum atomic E-state index is 11.7. The van der Waals surface area contributed by atoms with E-state index in [1.807, 2.05) is 13.0 Å². The number of methoxy groups -OCH3 is 2. The highest BCUT2D eigenvalue weighted by Crippen LogP contribution is 2.36. The minimum atomic E-state index is -3.06. The van der Waals surface area contributed by atoms with Gasteiger partial charge in [0.15, 0.2) is 5.82 Å². The minimum Gasteiger partial charge on any atom is -0.494 e. The van der Waals surface area contributed by atoms with Crippen molar-refractivity contribution in [1.29, 1.82) is 0 Å². The van der Waals surface area contributed by atoms with Crippen molar-refractivity contribution in [2.45, 2.75) is 32.4 Å². The van der Waals surface area contributed by atoms with Crippen LogP contribution in [-0.2, 0) is 17.3 Å². The number of nitrogens with one attached hydrogen (secondary N) is 1. The fraction of sp³-hybridized carbons (Fsp3) is 0.292. The van der Waals surface area contributed by atoms with Crippen molar-refractivity contribution in [3.05, 3.63) is 71.8 Å². The molecule has 0 bridgehead atoms. The van der Waals surface area contributed by atoms with Gasteiger partial charge in [0.25, 0.3) is 0 Å². The van der Waals surface area contributed by atoms with Crippen molar-refractivity contribution in [2.24, 2.45) is 0 Å². The number of nitrogens with zero attached hydrogens (tertiary/aromatic N) is 6. The van der Waals surface area contributed by atoms with Gasteiger partial charge in [-0.1, -0.05) is 6.07 Å². The molecule has 3 heterocycles. The average molecular weight is 526 g/mol. The predicted octanol–water partition coefficient (Wildman–Crippen LogP) is 1.51. The first-order chi connectivity index (χ1) is 17.8. The average Bonchev–Trinajstić information content (AvgIpc) is 3.30. The second-order valence-electron chi connectivity index (χ2n) is 8.26. The van der Waals surface area contributed by atoms with Gasteiger partial charge in [0.2, 0.25) is 10.9 Å². The van der Waals surface area contributed by atoms with Gasteiger partial charge in [0.05, 0.1) is 37.8 Å². The van der Waals surface area contributed by atoms with Crippen LogP contribution in [0.3, 0.4) is 0 Å². The molecule has 12 nitrogen and oxygen atoms in total. The molecule has 13 heteroatoms. The van der Waals surface area contributed by atoms with Crippen LogP contribution in [0.4, 0.5) is 0 Å². The van der Waals surface area contributed by atoms with Crippen molar-refractivity contribution < 1.29 is 23.0 Å². The number of benzene rings is 1. The zero-order valence-corrected chi connectivity index (χ0v) is 21.6. The van der Waals surface area contributed by atoms with Crippen LogP contribution in [-0.4, -0.2) is 63.5 Å². The third-order valence-electron chi connectivity index (χ3n) is 5.65. The molecule has 0 fully saturated rings. The zero-order chi connectivity index (χ0) is 26.5. The number of pyridine rings is 1. The number of aryl methyl sites for hydroxylation is 2. The van der Waals surface area contributed by atoms with E-state index in [4.69, 9.17) is 9.47 Å². The lowest BCUT2D eigenvalue weighted by molar-refractivity contribution is 0.133. The molecule has 0 saturated heterocycles. The number of hydrogen-bond acceptors (Lipinski definition) is 10. The molecule has 0 unspecified atom stereocenters. The molecule has 0 aliphatic heterocycles. The summed E-state index contributed by atoms with van der Waals surface area (Å²) in [5.74, 6) is 1.73. The molecule has 0 aliphatic carbocycles. The van der Waals surface area contributed by atoms with Gasteiger partial charge in [-0.3, -0.25) is 19.5 Å². The summed E-state index contributed by atoms with van der Waals surface area (Å²) < 4.78 is 38.8. The molecular weight excluding hydrogens is 498 g/mol. The van der Waals surface area contributed by atoms with E-state index in [0.29, 0.717) is 40.1 Å². The van der Waals surface area contributed by atoms with Gasteiger partial charge < -0.3 is 14.6 Å². The fourth-order valence-electron chi connectivity index (χ4n) is 3.92. The van der Waals surface area contributed by atoms with Gasteiger partial charge >= 0.3 is 0 Å². The molecule has 1 aromatic carbocycles. The number of ether oxygens (including phenoxy) is 2. The second kappa shape index (κ2) is 11.4. The number of aromatic nitrogens is 6. The van der Waals surface area contributed by atoms with Crippen LogP contribution in [0.5, 0.6) is 11.5 Å². The van der Waals surface area contributed by atoms with E-state index in [1.54, 1.807) is 42.1 Å². The van der Waals surface area contributed by atoms with E-state index >= 15 is 0 Å². The van der Waals surface area contributed by atoms with Crippen LogP contribution in [0.2, 0.25) is 0 Å². The van der Waals surface area contributed by atoms with Gasteiger partial charge in [-0.2, -0.15) is 0 Å². The number of rotatable bonds is 10. The number of thiol groups is 1. The van der Waals surface area contributed by atoms with Crippen molar-refractivity contribution >= 4 is 10.9 Å². The van der Waals surface area contributed by atoms with Gasteiger partial charge in [-0.25, -0.2) is 13.1 Å². The summed E-state index contributed by atoms with van der Waals surface area (Å²) in [6, 6.07) is 6.19. The monoisotopic (exact) mass is 525 g/mol. The van der Waals surface area contributed by atoms with Crippen LogP contribution >= 0.6 is 0 Å². The molecule has 194 valence electrons. The zero-order valence-electron chi connectivity index (χ0n) is 20.7. The van der Waals surface area contributed by atoms with Gasteiger partial charge in [0.1, 0.15) is 29.1 Å². The van der Waals surface area contributed by atoms with E-state index in [-0.39, 0.29) is 12.1 Å². The first kappa shape index (κ1) is 26.1. The summed E-state index contributed by atoms with van der Waals surface area (Å²) in [7, 11) is -0.00353. The standard InChI is InChI=1S/C24H27N7O5S/c1-14-8-16(12-25-10-14)24-29-28-21(31(24)22-19(35-3)6-5-7-20(22)36-4)9-17(30-37(33)34)23(32)18-13-26-15(2)11-27-18/h5-8,10-13,17,23,32,37H,9H2,1-4H3,(H,30,33,34)/t17-,23-/m0/s1. The Morgan fingerprint density at radius 3 is 2.35 bits per heavy atom. The molecule has 0 radical (unpaired) electrons. The van der Waals surface area contributed by atoms with Crippen LogP contribution in [0, 0.1) is 13.8 Å². The van der Waals surface area contributed by atoms with Crippen LogP contribution in [0.1, 0.15) is 28.9 Å². The largest absolute Gasteiger partial charge is 0.494 e. The Morgan fingerprint density at radius 1 is 1.03 bits per heavy atom. The van der Waals surface area contributed by atoms with E-state index in [1.165, 1.54) is 26.6 Å². The van der Waals surface area contributed by atoms with E-state index in [2.05, 4.69) is 29.9 Å². The SMILES string of the molecule is COc1cccc(OC)c1-n1c(C[C@H](N[SH](=O)=O)[C@H](O)c2cnc(C)cn2)nnc1-c1cncc(C)c1. The molecule has 0 aliphatic rings. The highest BCUT2D eigenvalue weighted by atomic mass is 32.2. The molecule has 0 saturated carbocycles. The predicted molar refractivity (Wildman–Crippen MR) is 135 cm³/mol. The quantitative estimate of drug-likeness (QED) is 0.260. The van der Waals surface area contributed by atoms with Gasteiger partial charge in [-0.15, -0.1) is 10.2 Å². The summed E-state index contributed by atoms with van der Waals surface area (Å²) >= 11 is 0. The Kier molecular flexibility index (Phi) is 8.06. The maximum Gasteiger partial charge on any atom is 0.201 e. The van der Waals surface area contributed by atoms with Crippen molar-refractivity contribution in [3.63, 3.8) is 0 Å². The third kappa shape index (κ3) is 5.74. The Bertz CT molecular complexity index is 1430. The second-order valence-corrected chi connectivity index (χ2v) is 9.03. The van der Waals surface area contributed by atoms with Gasteiger partial charge in [-0.05, 0) is 37.6 Å². The molecule has 37 heavy (non-hydrogen) atoms. The summed E-state index contributed by atoms with van der Waals surface area (Å²) in [4.78, 5) is 12.6. The van der Waals surface area contributed by atoms with Crippen LogP contribution in [0.15, 0.2) is 49.1 Å². The highest BCUT2D eigenvalue weighted by molar-refractivity contribution is 7.70. The summed E-state index contributed by atoms with van der Waals surface area (Å²) in [6.45, 7) is 3.67. The van der Waals surface area contributed by atoms with E-state index in [0.717, 1.165) is 5.56 Å². The lowest BCUT2D eigenvalue weighted by Crippen LogP contribution is -2.37. The molecule has 4 aromatic rings. The van der Waals surface area contributed by atoms with Crippen molar-refractivity contribution in [1.82, 2.24) is 34.4 Å². The molecular formula is C24H27N7O5S. The van der Waals surface area contributed by atoms with Crippen molar-refractivity contribution in [3.8, 4) is 28.6 Å². The summed E-state index contributed by atoms with van der Waals surface area (Å²) in [5, 5.41) is 19.8. The number of aliphatic hydroxyl groups excluding tert-OH is 1. The Balaban J connectivity index is 1.88. The van der Waals surface area contributed by atoms with Crippen molar-refractivity contribution in [2.75, 3.05) is 14.2 Å². The Hall–Kier alpha value is -3.94. The molecule has 0 spiro atoms. The fourth-order valence-corrected chi connectivity index (χ4v) is 4.42. The lowest BCUT2D eigenvalue weighted by atomic mass is 10.0. The molecule has 4 rings (SSSR count). The first-order valence-electron chi connectivity index (χ1n) is 11.3. The molecule has 0 amide bonds. The highest BCUT2D eigenvalue weighted by Gasteiger charge is 2.29. The van der Waals surface area contributed by atoms with E-state index in [9.17, 15) is 13.5 Å². The summed E-state index contributed by atoms with van der Waals surface area (Å²) in [6.07, 6.45) is 4.92. The summed E-state index contributed by atoms with van der Waals surface area (Å²) in [5.41, 5.74) is 2.98.